The van der Waals surface area contributed by atoms with Crippen LogP contribution in [0.5, 0.6) is 0 Å². The summed E-state index contributed by atoms with van der Waals surface area (Å²) < 4.78 is 3.08. The number of hydrogen-bond acceptors (Lipinski definition) is 2. The van der Waals surface area contributed by atoms with E-state index in [9.17, 15) is 0 Å². The molecule has 1 saturated carbocycles. The Labute approximate surface area is 119 Å². The van der Waals surface area contributed by atoms with E-state index in [1.165, 1.54) is 37.7 Å². The van der Waals surface area contributed by atoms with Crippen LogP contribution in [0.3, 0.4) is 0 Å². The van der Waals surface area contributed by atoms with Gasteiger partial charge in [-0.2, -0.15) is 0 Å². The lowest BCUT2D eigenvalue weighted by Gasteiger charge is -2.28. The smallest absolute Gasteiger partial charge is 0.179 e. The first kappa shape index (κ1) is 12.9. The topological polar surface area (TPSA) is 33.6 Å². The summed E-state index contributed by atoms with van der Waals surface area (Å²) in [5, 5.41) is 0. The molecule has 3 nitrogen and oxygen atoms in total. The van der Waals surface area contributed by atoms with Gasteiger partial charge in [0.15, 0.2) is 10.4 Å². The van der Waals surface area contributed by atoms with Crippen LogP contribution in [0.1, 0.15) is 50.6 Å². The van der Waals surface area contributed by atoms with Crippen molar-refractivity contribution in [2.24, 2.45) is 5.92 Å². The second kappa shape index (κ2) is 5.08. The average molecular weight is 275 g/mol. The molecule has 1 aliphatic rings. The Morgan fingerprint density at radius 3 is 2.79 bits per heavy atom. The van der Waals surface area contributed by atoms with Crippen LogP contribution >= 0.6 is 12.2 Å². The van der Waals surface area contributed by atoms with Gasteiger partial charge in [0.1, 0.15) is 0 Å². The first-order chi connectivity index (χ1) is 9.20. The van der Waals surface area contributed by atoms with Gasteiger partial charge >= 0.3 is 0 Å². The number of nitrogens with one attached hydrogen (secondary N) is 1. The summed E-state index contributed by atoms with van der Waals surface area (Å²) in [6.07, 6.45) is 8.30. The van der Waals surface area contributed by atoms with Crippen LogP contribution < -0.4 is 0 Å². The molecule has 4 heteroatoms. The summed E-state index contributed by atoms with van der Waals surface area (Å²) in [4.78, 5) is 7.88. The van der Waals surface area contributed by atoms with Gasteiger partial charge in [-0.3, -0.25) is 4.57 Å². The third-order valence-corrected chi connectivity index (χ3v) is 4.88. The highest BCUT2D eigenvalue weighted by Crippen LogP contribution is 2.35. The van der Waals surface area contributed by atoms with Gasteiger partial charge < -0.3 is 4.98 Å². The van der Waals surface area contributed by atoms with Crippen LogP contribution in [0.4, 0.5) is 0 Å². The molecule has 1 fully saturated rings. The fourth-order valence-electron chi connectivity index (χ4n) is 3.29. The number of aryl methyl sites for hydroxylation is 1. The molecule has 2 heterocycles. The molecular weight excluding hydrogens is 254 g/mol. The number of fused-ring (bicyclic) bond motifs is 1. The maximum absolute atomic E-state index is 5.52. The van der Waals surface area contributed by atoms with E-state index in [4.69, 9.17) is 12.2 Å². The van der Waals surface area contributed by atoms with Crippen molar-refractivity contribution in [1.82, 2.24) is 14.5 Å². The van der Waals surface area contributed by atoms with Gasteiger partial charge in [0.05, 0.1) is 5.52 Å². The van der Waals surface area contributed by atoms with Crippen LogP contribution in [0.25, 0.3) is 11.2 Å². The maximum Gasteiger partial charge on any atom is 0.179 e. The number of pyridine rings is 1. The highest BCUT2D eigenvalue weighted by Gasteiger charge is 2.23. The van der Waals surface area contributed by atoms with Crippen LogP contribution in [0.15, 0.2) is 12.3 Å². The van der Waals surface area contributed by atoms with Crippen LogP contribution in [-0.4, -0.2) is 14.5 Å². The second-order valence-electron chi connectivity index (χ2n) is 5.71. The SMILES string of the molecule is CCC1CCC(n2c(=S)[nH]c3c(C)ccnc32)CC1. The van der Waals surface area contributed by atoms with Crippen molar-refractivity contribution in [3.63, 3.8) is 0 Å². The highest BCUT2D eigenvalue weighted by molar-refractivity contribution is 7.71. The fourth-order valence-corrected chi connectivity index (χ4v) is 3.63. The van der Waals surface area contributed by atoms with E-state index in [-0.39, 0.29) is 0 Å². The molecule has 19 heavy (non-hydrogen) atoms. The first-order valence-corrected chi connectivity index (χ1v) is 7.67. The molecule has 102 valence electrons. The number of aromatic amines is 1. The quantitative estimate of drug-likeness (QED) is 0.816. The van der Waals surface area contributed by atoms with Crippen LogP contribution in [0, 0.1) is 17.6 Å². The Hall–Kier alpha value is -1.16. The zero-order valence-corrected chi connectivity index (χ0v) is 12.5. The van der Waals surface area contributed by atoms with Crippen molar-refractivity contribution in [2.75, 3.05) is 0 Å². The molecule has 0 amide bonds. The molecule has 2 aromatic rings. The molecule has 2 aromatic heterocycles. The number of imidazole rings is 1. The molecular formula is C15H21N3S. The lowest BCUT2D eigenvalue weighted by molar-refractivity contribution is 0.271. The lowest BCUT2D eigenvalue weighted by atomic mass is 9.84. The highest BCUT2D eigenvalue weighted by atomic mass is 32.1. The monoisotopic (exact) mass is 275 g/mol. The molecule has 1 N–H and O–H groups in total. The molecule has 0 radical (unpaired) electrons. The van der Waals surface area contributed by atoms with Crippen LogP contribution in [-0.2, 0) is 0 Å². The Bertz CT molecular complexity index is 632. The minimum absolute atomic E-state index is 0.526. The summed E-state index contributed by atoms with van der Waals surface area (Å²) in [6, 6.07) is 2.56. The standard InChI is InChI=1S/C15H21N3S/c1-3-11-4-6-12(7-5-11)18-14-13(17-15(18)19)10(2)8-9-16-14/h8-9,11-12H,3-7H2,1-2H3,(H,17,19). The van der Waals surface area contributed by atoms with E-state index in [1.54, 1.807) is 0 Å². The minimum atomic E-state index is 0.526. The van der Waals surface area contributed by atoms with Gasteiger partial charge in [0.25, 0.3) is 0 Å². The van der Waals surface area contributed by atoms with Gasteiger partial charge in [-0.15, -0.1) is 0 Å². The summed E-state index contributed by atoms with van der Waals surface area (Å²) >= 11 is 5.52. The molecule has 0 bridgehead atoms. The van der Waals surface area contributed by atoms with E-state index in [0.717, 1.165) is 21.9 Å². The van der Waals surface area contributed by atoms with Crippen molar-refractivity contribution in [3.05, 3.63) is 22.6 Å². The molecule has 0 spiro atoms. The van der Waals surface area contributed by atoms with E-state index < -0.39 is 0 Å². The number of hydrogen-bond donors (Lipinski definition) is 1. The molecule has 0 aliphatic heterocycles. The largest absolute Gasteiger partial charge is 0.329 e. The zero-order chi connectivity index (χ0) is 13.4. The van der Waals surface area contributed by atoms with Gasteiger partial charge in [-0.05, 0) is 62.4 Å². The maximum atomic E-state index is 5.52. The molecule has 0 unspecified atom stereocenters. The predicted octanol–water partition coefficient (Wildman–Crippen LogP) is 4.54. The van der Waals surface area contributed by atoms with Crippen molar-refractivity contribution in [3.8, 4) is 0 Å². The number of rotatable bonds is 2. The Morgan fingerprint density at radius 1 is 1.37 bits per heavy atom. The van der Waals surface area contributed by atoms with Crippen molar-refractivity contribution >= 4 is 23.4 Å². The number of nitrogens with zero attached hydrogens (tertiary/aromatic N) is 2. The molecule has 1 aliphatic carbocycles. The van der Waals surface area contributed by atoms with Gasteiger partial charge in [0.2, 0.25) is 0 Å². The second-order valence-corrected chi connectivity index (χ2v) is 6.10. The summed E-state index contributed by atoms with van der Waals surface area (Å²) in [6.45, 7) is 4.40. The Balaban J connectivity index is 1.99. The van der Waals surface area contributed by atoms with Crippen molar-refractivity contribution in [1.29, 1.82) is 0 Å². The average Bonchev–Trinajstić information content (AvgIpc) is 2.77. The van der Waals surface area contributed by atoms with E-state index in [0.29, 0.717) is 6.04 Å². The van der Waals surface area contributed by atoms with Crippen molar-refractivity contribution < 1.29 is 0 Å². The molecule has 0 saturated heterocycles. The Morgan fingerprint density at radius 2 is 2.11 bits per heavy atom. The first-order valence-electron chi connectivity index (χ1n) is 7.26. The van der Waals surface area contributed by atoms with Crippen molar-refractivity contribution in [2.45, 2.75) is 52.0 Å². The fraction of sp³-hybridized carbons (Fsp3) is 0.600. The van der Waals surface area contributed by atoms with E-state index in [2.05, 4.69) is 28.4 Å². The number of H-pyrrole nitrogens is 1. The third-order valence-electron chi connectivity index (χ3n) is 4.58. The van der Waals surface area contributed by atoms with E-state index in [1.807, 2.05) is 12.3 Å². The molecule has 3 rings (SSSR count). The predicted molar refractivity (Wildman–Crippen MR) is 80.9 cm³/mol. The number of aromatic nitrogens is 3. The molecule has 0 atom stereocenters. The Kier molecular flexibility index (Phi) is 3.44. The zero-order valence-electron chi connectivity index (χ0n) is 11.6. The summed E-state index contributed by atoms with van der Waals surface area (Å²) in [7, 11) is 0. The van der Waals surface area contributed by atoms with Gasteiger partial charge in [0, 0.05) is 12.2 Å². The summed E-state index contributed by atoms with van der Waals surface area (Å²) in [5.41, 5.74) is 3.35. The third kappa shape index (κ3) is 2.22. The normalized spacial score (nSPS) is 23.9. The minimum Gasteiger partial charge on any atom is -0.329 e. The lowest BCUT2D eigenvalue weighted by Crippen LogP contribution is -2.18. The molecule has 0 aromatic carbocycles. The van der Waals surface area contributed by atoms with Gasteiger partial charge in [-0.25, -0.2) is 4.98 Å². The summed E-state index contributed by atoms with van der Waals surface area (Å²) in [5.74, 6) is 0.908. The van der Waals surface area contributed by atoms with Crippen LogP contribution in [0.2, 0.25) is 0 Å². The van der Waals surface area contributed by atoms with E-state index >= 15 is 0 Å². The van der Waals surface area contributed by atoms with Gasteiger partial charge in [-0.1, -0.05) is 13.3 Å².